The highest BCUT2D eigenvalue weighted by Crippen LogP contribution is 2.39. The van der Waals surface area contributed by atoms with Crippen molar-refractivity contribution in [1.29, 1.82) is 0 Å². The molecule has 0 N–H and O–H groups in total. The van der Waals surface area contributed by atoms with Gasteiger partial charge in [0.05, 0.1) is 0 Å². The molecule has 0 aliphatic carbocycles. The molecule has 0 spiro atoms. The van der Waals surface area contributed by atoms with Gasteiger partial charge >= 0.3 is 0 Å². The first-order valence-electron chi connectivity index (χ1n) is 10.3. The summed E-state index contributed by atoms with van der Waals surface area (Å²) in [6, 6.07) is 0. The molecule has 0 aromatic rings. The van der Waals surface area contributed by atoms with E-state index in [0.29, 0.717) is 0 Å². The Morgan fingerprint density at radius 1 is 0.591 bits per heavy atom. The molecule has 22 heavy (non-hydrogen) atoms. The van der Waals surface area contributed by atoms with E-state index in [4.69, 9.17) is 4.74 Å². The molecule has 1 nitrogen and oxygen atoms in total. The van der Waals surface area contributed by atoms with Crippen LogP contribution in [0.3, 0.4) is 0 Å². The Balaban J connectivity index is 5.02. The number of rotatable bonds is 15. The zero-order valence-corrected chi connectivity index (χ0v) is 16.5. The first-order valence-corrected chi connectivity index (χ1v) is 10.3. The Morgan fingerprint density at radius 2 is 1.18 bits per heavy atom. The molecule has 134 valence electrons. The molecule has 0 radical (unpaired) electrons. The monoisotopic (exact) mass is 312 g/mol. The minimum atomic E-state index is 0.771. The van der Waals surface area contributed by atoms with Crippen molar-refractivity contribution in [2.75, 3.05) is 13.2 Å². The van der Waals surface area contributed by atoms with Crippen molar-refractivity contribution in [2.45, 2.75) is 99.3 Å². The van der Waals surface area contributed by atoms with Crippen LogP contribution < -0.4 is 0 Å². The predicted molar refractivity (Wildman–Crippen MR) is 100 cm³/mol. The molecule has 0 aliphatic heterocycles. The minimum Gasteiger partial charge on any atom is -0.381 e. The summed E-state index contributed by atoms with van der Waals surface area (Å²) >= 11 is 0. The Morgan fingerprint density at radius 3 is 1.64 bits per heavy atom. The lowest BCUT2D eigenvalue weighted by Crippen LogP contribution is -2.31. The van der Waals surface area contributed by atoms with Gasteiger partial charge in [0.1, 0.15) is 0 Å². The summed E-state index contributed by atoms with van der Waals surface area (Å²) in [4.78, 5) is 0. The summed E-state index contributed by atoms with van der Waals surface area (Å²) in [5, 5.41) is 0. The molecule has 0 heterocycles. The van der Waals surface area contributed by atoms with Crippen LogP contribution in [0.15, 0.2) is 0 Å². The van der Waals surface area contributed by atoms with E-state index in [1.165, 1.54) is 51.4 Å². The van der Waals surface area contributed by atoms with E-state index in [-0.39, 0.29) is 0 Å². The van der Waals surface area contributed by atoms with Crippen LogP contribution >= 0.6 is 0 Å². The molecule has 0 rings (SSSR count). The van der Waals surface area contributed by atoms with Gasteiger partial charge in [0.25, 0.3) is 0 Å². The molecule has 0 saturated carbocycles. The van der Waals surface area contributed by atoms with Crippen LogP contribution in [0.1, 0.15) is 99.3 Å². The summed E-state index contributed by atoms with van der Waals surface area (Å²) < 4.78 is 5.99. The second kappa shape index (κ2) is 14.5. The average Bonchev–Trinajstić information content (AvgIpc) is 2.53. The quantitative estimate of drug-likeness (QED) is 0.293. The Kier molecular flexibility index (Phi) is 14.5. The van der Waals surface area contributed by atoms with Gasteiger partial charge in [-0.05, 0) is 36.5 Å². The maximum Gasteiger partial charge on any atom is 0.0497 e. The number of ether oxygens (including phenoxy) is 1. The molecular weight excluding hydrogens is 268 g/mol. The molecule has 0 amide bonds. The fraction of sp³-hybridized carbons (Fsp3) is 1.00. The van der Waals surface area contributed by atoms with Crippen LogP contribution in [0.5, 0.6) is 0 Å². The van der Waals surface area contributed by atoms with Crippen molar-refractivity contribution in [3.63, 3.8) is 0 Å². The van der Waals surface area contributed by atoms with Crippen molar-refractivity contribution in [1.82, 2.24) is 0 Å². The van der Waals surface area contributed by atoms with E-state index in [9.17, 15) is 0 Å². The van der Waals surface area contributed by atoms with Gasteiger partial charge in [0.15, 0.2) is 0 Å². The van der Waals surface area contributed by atoms with Crippen molar-refractivity contribution in [2.24, 2.45) is 23.7 Å². The molecule has 1 heteroatoms. The zero-order valence-electron chi connectivity index (χ0n) is 16.5. The number of hydrogen-bond donors (Lipinski definition) is 0. The molecule has 0 fully saturated rings. The summed E-state index contributed by atoms with van der Waals surface area (Å²) in [6.07, 6.45) is 11.9. The summed E-state index contributed by atoms with van der Waals surface area (Å²) in [7, 11) is 0. The van der Waals surface area contributed by atoms with Gasteiger partial charge in [-0.2, -0.15) is 0 Å². The highest BCUT2D eigenvalue weighted by Gasteiger charge is 2.31. The topological polar surface area (TPSA) is 9.23 Å². The van der Waals surface area contributed by atoms with Crippen LogP contribution in [-0.4, -0.2) is 13.2 Å². The first kappa shape index (κ1) is 22.0. The zero-order chi connectivity index (χ0) is 16.8. The van der Waals surface area contributed by atoms with Gasteiger partial charge in [0, 0.05) is 13.2 Å². The van der Waals surface area contributed by atoms with E-state index < -0.39 is 0 Å². The Bertz CT molecular complexity index is 226. The molecule has 0 bridgehead atoms. The predicted octanol–water partition coefficient (Wildman–Crippen LogP) is 7.10. The molecule has 0 aromatic carbocycles. The van der Waals surface area contributed by atoms with Gasteiger partial charge in [-0.25, -0.2) is 0 Å². The average molecular weight is 313 g/mol. The van der Waals surface area contributed by atoms with Crippen molar-refractivity contribution in [3.05, 3.63) is 0 Å². The van der Waals surface area contributed by atoms with Crippen molar-refractivity contribution < 1.29 is 4.74 Å². The van der Waals surface area contributed by atoms with E-state index in [1.54, 1.807) is 0 Å². The normalized spacial score (nSPS) is 17.2. The molecule has 4 unspecified atom stereocenters. The first-order chi connectivity index (χ1) is 10.7. The largest absolute Gasteiger partial charge is 0.381 e. The SMILES string of the molecule is CCCOCC(CCC)C(CCC)C(CC)C(CC)CCC. The van der Waals surface area contributed by atoms with Crippen LogP contribution in [-0.2, 0) is 4.74 Å². The van der Waals surface area contributed by atoms with Gasteiger partial charge in [-0.15, -0.1) is 0 Å². The third-order valence-corrected chi connectivity index (χ3v) is 5.38. The molecule has 0 aliphatic rings. The Hall–Kier alpha value is -0.0400. The number of hydrogen-bond acceptors (Lipinski definition) is 1. The van der Waals surface area contributed by atoms with Gasteiger partial charge in [-0.1, -0.05) is 86.5 Å². The minimum absolute atomic E-state index is 0.771. The lowest BCUT2D eigenvalue weighted by Gasteiger charge is -2.38. The highest BCUT2D eigenvalue weighted by atomic mass is 16.5. The molecule has 0 aromatic heterocycles. The molecule has 0 saturated heterocycles. The molecular formula is C21H44O. The van der Waals surface area contributed by atoms with Crippen molar-refractivity contribution >= 4 is 0 Å². The summed E-state index contributed by atoms with van der Waals surface area (Å²) in [6.45, 7) is 16.0. The fourth-order valence-electron chi connectivity index (χ4n) is 4.38. The van der Waals surface area contributed by atoms with E-state index in [1.807, 2.05) is 0 Å². The van der Waals surface area contributed by atoms with E-state index in [0.717, 1.165) is 43.3 Å². The maximum absolute atomic E-state index is 5.99. The van der Waals surface area contributed by atoms with Crippen LogP contribution in [0.25, 0.3) is 0 Å². The standard InChI is InChI=1S/C21H44O/c1-7-13-18(11-5)20(12-6)21(15-9-3)19(14-8-2)17-22-16-10-4/h18-21H,7-17H2,1-6H3. The fourth-order valence-corrected chi connectivity index (χ4v) is 4.38. The third-order valence-electron chi connectivity index (χ3n) is 5.38. The van der Waals surface area contributed by atoms with Gasteiger partial charge in [-0.3, -0.25) is 0 Å². The second-order valence-electron chi connectivity index (χ2n) is 7.11. The second-order valence-corrected chi connectivity index (χ2v) is 7.11. The highest BCUT2D eigenvalue weighted by molar-refractivity contribution is 4.81. The van der Waals surface area contributed by atoms with Gasteiger partial charge < -0.3 is 4.74 Å². The van der Waals surface area contributed by atoms with E-state index in [2.05, 4.69) is 41.5 Å². The smallest absolute Gasteiger partial charge is 0.0497 e. The lowest BCUT2D eigenvalue weighted by atomic mass is 9.69. The lowest BCUT2D eigenvalue weighted by molar-refractivity contribution is 0.0370. The summed E-state index contributed by atoms with van der Waals surface area (Å²) in [5.41, 5.74) is 0. The summed E-state index contributed by atoms with van der Waals surface area (Å²) in [5.74, 6) is 3.44. The van der Waals surface area contributed by atoms with E-state index >= 15 is 0 Å². The van der Waals surface area contributed by atoms with Crippen LogP contribution in [0, 0.1) is 23.7 Å². The van der Waals surface area contributed by atoms with Crippen LogP contribution in [0.4, 0.5) is 0 Å². The molecule has 4 atom stereocenters. The van der Waals surface area contributed by atoms with Crippen LogP contribution in [0.2, 0.25) is 0 Å². The third kappa shape index (κ3) is 7.99. The maximum atomic E-state index is 5.99. The Labute approximate surface area is 141 Å². The van der Waals surface area contributed by atoms with Crippen molar-refractivity contribution in [3.8, 4) is 0 Å². The van der Waals surface area contributed by atoms with Gasteiger partial charge in [0.2, 0.25) is 0 Å².